The van der Waals surface area contributed by atoms with Gasteiger partial charge in [-0.15, -0.1) is 0 Å². The molecule has 0 fully saturated rings. The van der Waals surface area contributed by atoms with Crippen LogP contribution in [0.5, 0.6) is 0 Å². The number of halogens is 1. The second-order valence-corrected chi connectivity index (χ2v) is 5.57. The summed E-state index contributed by atoms with van der Waals surface area (Å²) in [5.74, 6) is 0. The summed E-state index contributed by atoms with van der Waals surface area (Å²) < 4.78 is 1.08. The monoisotopic (exact) mass is 323 g/mol. The van der Waals surface area contributed by atoms with Crippen LogP contribution in [0.25, 0.3) is 0 Å². The third-order valence-corrected chi connectivity index (χ3v) is 3.78. The zero-order valence-electron chi connectivity index (χ0n) is 11.9. The van der Waals surface area contributed by atoms with Gasteiger partial charge in [0.05, 0.1) is 18.2 Å². The fraction of sp³-hybridized carbons (Fsp3) is 0.533. The molecule has 0 amide bonds. The molecule has 1 aromatic rings. The van der Waals surface area contributed by atoms with E-state index in [1.54, 1.807) is 0 Å². The Kier molecular flexibility index (Phi) is 6.90. The van der Waals surface area contributed by atoms with Gasteiger partial charge in [-0.2, -0.15) is 5.26 Å². The standard InChI is InChI=1S/C15H22BrN3/c1-4-9-18-12(2)13-6-7-15(14(16)11-13)19(3)10-5-8-17/h6-7,11-12,18H,4-5,9-10H2,1-3H3. The maximum absolute atomic E-state index is 8.63. The van der Waals surface area contributed by atoms with E-state index in [1.807, 2.05) is 7.05 Å². The molecule has 19 heavy (non-hydrogen) atoms. The van der Waals surface area contributed by atoms with Crippen LogP contribution in [-0.4, -0.2) is 20.1 Å². The van der Waals surface area contributed by atoms with Gasteiger partial charge < -0.3 is 10.2 Å². The first-order valence-corrected chi connectivity index (χ1v) is 7.50. The maximum atomic E-state index is 8.63. The third kappa shape index (κ3) is 4.85. The molecule has 0 radical (unpaired) electrons. The number of hydrogen-bond acceptors (Lipinski definition) is 3. The molecule has 0 heterocycles. The van der Waals surface area contributed by atoms with E-state index in [9.17, 15) is 0 Å². The van der Waals surface area contributed by atoms with E-state index in [0.29, 0.717) is 12.5 Å². The molecule has 4 heteroatoms. The molecule has 1 atom stereocenters. The van der Waals surface area contributed by atoms with E-state index in [0.717, 1.165) is 29.7 Å². The molecule has 1 unspecified atom stereocenters. The molecule has 0 saturated heterocycles. The van der Waals surface area contributed by atoms with Crippen LogP contribution in [0.3, 0.4) is 0 Å². The molecule has 0 aliphatic carbocycles. The van der Waals surface area contributed by atoms with Crippen molar-refractivity contribution in [1.82, 2.24) is 5.32 Å². The Morgan fingerprint density at radius 3 is 2.79 bits per heavy atom. The van der Waals surface area contributed by atoms with Crippen LogP contribution in [0.15, 0.2) is 22.7 Å². The molecule has 104 valence electrons. The topological polar surface area (TPSA) is 39.1 Å². The average molecular weight is 324 g/mol. The summed E-state index contributed by atoms with van der Waals surface area (Å²) in [6.07, 6.45) is 1.68. The molecular formula is C15H22BrN3. The minimum atomic E-state index is 0.356. The van der Waals surface area contributed by atoms with Crippen LogP contribution in [0, 0.1) is 11.3 Å². The largest absolute Gasteiger partial charge is 0.373 e. The summed E-state index contributed by atoms with van der Waals surface area (Å²) in [4.78, 5) is 2.10. The summed E-state index contributed by atoms with van der Waals surface area (Å²) >= 11 is 3.62. The Bertz CT molecular complexity index is 440. The van der Waals surface area contributed by atoms with Gasteiger partial charge >= 0.3 is 0 Å². The van der Waals surface area contributed by atoms with Crippen molar-refractivity contribution < 1.29 is 0 Å². The van der Waals surface area contributed by atoms with Gasteiger partial charge in [0.1, 0.15) is 0 Å². The second kappa shape index (κ2) is 8.19. The number of anilines is 1. The lowest BCUT2D eigenvalue weighted by atomic mass is 10.1. The normalized spacial score (nSPS) is 11.9. The number of nitrogens with one attached hydrogen (secondary N) is 1. The van der Waals surface area contributed by atoms with Crippen LogP contribution in [0.1, 0.15) is 38.3 Å². The van der Waals surface area contributed by atoms with Gasteiger partial charge in [-0.3, -0.25) is 0 Å². The highest BCUT2D eigenvalue weighted by atomic mass is 79.9. The zero-order chi connectivity index (χ0) is 14.3. The Morgan fingerprint density at radius 1 is 1.47 bits per heavy atom. The lowest BCUT2D eigenvalue weighted by molar-refractivity contribution is 0.570. The number of nitriles is 1. The molecule has 0 saturated carbocycles. The summed E-state index contributed by atoms with van der Waals surface area (Å²) in [6.45, 7) is 6.13. The molecule has 0 aliphatic rings. The first-order valence-electron chi connectivity index (χ1n) is 6.71. The van der Waals surface area contributed by atoms with Crippen LogP contribution in [-0.2, 0) is 0 Å². The summed E-state index contributed by atoms with van der Waals surface area (Å²) in [6, 6.07) is 8.95. The van der Waals surface area contributed by atoms with Crippen molar-refractivity contribution in [3.63, 3.8) is 0 Å². The minimum Gasteiger partial charge on any atom is -0.373 e. The van der Waals surface area contributed by atoms with Gasteiger partial charge in [-0.1, -0.05) is 13.0 Å². The summed E-state index contributed by atoms with van der Waals surface area (Å²) in [5, 5.41) is 12.1. The van der Waals surface area contributed by atoms with Gasteiger partial charge in [0, 0.05) is 24.1 Å². The van der Waals surface area contributed by atoms with Crippen LogP contribution in [0.2, 0.25) is 0 Å². The third-order valence-electron chi connectivity index (χ3n) is 3.14. The van der Waals surface area contributed by atoms with Gasteiger partial charge in [0.15, 0.2) is 0 Å². The molecule has 1 rings (SSSR count). The Hall–Kier alpha value is -1.05. The van der Waals surface area contributed by atoms with Crippen LogP contribution in [0.4, 0.5) is 5.69 Å². The van der Waals surface area contributed by atoms with Crippen molar-refractivity contribution in [1.29, 1.82) is 5.26 Å². The van der Waals surface area contributed by atoms with E-state index in [1.165, 1.54) is 5.56 Å². The predicted molar refractivity (Wildman–Crippen MR) is 84.4 cm³/mol. The van der Waals surface area contributed by atoms with E-state index >= 15 is 0 Å². The van der Waals surface area contributed by atoms with E-state index in [4.69, 9.17) is 5.26 Å². The van der Waals surface area contributed by atoms with Gasteiger partial charge in [0.25, 0.3) is 0 Å². The molecule has 0 bridgehead atoms. The highest BCUT2D eigenvalue weighted by Gasteiger charge is 2.09. The predicted octanol–water partition coefficient (Wildman–Crippen LogP) is 3.86. The zero-order valence-corrected chi connectivity index (χ0v) is 13.5. The molecule has 1 aromatic carbocycles. The number of hydrogen-bond donors (Lipinski definition) is 1. The molecule has 0 spiro atoms. The first kappa shape index (κ1) is 16.0. The Morgan fingerprint density at radius 2 is 2.21 bits per heavy atom. The lowest BCUT2D eigenvalue weighted by Crippen LogP contribution is -2.20. The van der Waals surface area contributed by atoms with Crippen molar-refractivity contribution in [3.05, 3.63) is 28.2 Å². The van der Waals surface area contributed by atoms with Gasteiger partial charge in [0.2, 0.25) is 0 Å². The summed E-state index contributed by atoms with van der Waals surface area (Å²) in [5.41, 5.74) is 2.40. The second-order valence-electron chi connectivity index (χ2n) is 4.72. The lowest BCUT2D eigenvalue weighted by Gasteiger charge is -2.21. The van der Waals surface area contributed by atoms with E-state index < -0.39 is 0 Å². The first-order chi connectivity index (χ1) is 9.10. The van der Waals surface area contributed by atoms with E-state index in [-0.39, 0.29) is 0 Å². The van der Waals surface area contributed by atoms with Crippen molar-refractivity contribution in [2.45, 2.75) is 32.7 Å². The molecule has 3 nitrogen and oxygen atoms in total. The van der Waals surface area contributed by atoms with Crippen LogP contribution < -0.4 is 10.2 Å². The SMILES string of the molecule is CCCNC(C)c1ccc(N(C)CCC#N)c(Br)c1. The van der Waals surface area contributed by atoms with Crippen molar-refractivity contribution in [3.8, 4) is 6.07 Å². The number of rotatable bonds is 7. The quantitative estimate of drug-likeness (QED) is 0.828. The highest BCUT2D eigenvalue weighted by Crippen LogP contribution is 2.28. The molecule has 0 aromatic heterocycles. The van der Waals surface area contributed by atoms with Crippen molar-refractivity contribution in [2.24, 2.45) is 0 Å². The van der Waals surface area contributed by atoms with E-state index in [2.05, 4.69) is 64.3 Å². The Balaban J connectivity index is 2.76. The van der Waals surface area contributed by atoms with Crippen LogP contribution >= 0.6 is 15.9 Å². The fourth-order valence-electron chi connectivity index (χ4n) is 1.92. The van der Waals surface area contributed by atoms with Crippen molar-refractivity contribution in [2.75, 3.05) is 25.0 Å². The Labute approximate surface area is 124 Å². The highest BCUT2D eigenvalue weighted by molar-refractivity contribution is 9.10. The molecule has 1 N–H and O–H groups in total. The summed E-state index contributed by atoms with van der Waals surface area (Å²) in [7, 11) is 2.01. The van der Waals surface area contributed by atoms with Gasteiger partial charge in [-0.25, -0.2) is 0 Å². The average Bonchev–Trinajstić information content (AvgIpc) is 2.41. The number of nitrogens with zero attached hydrogens (tertiary/aromatic N) is 2. The molecular weight excluding hydrogens is 302 g/mol. The minimum absolute atomic E-state index is 0.356. The number of benzene rings is 1. The smallest absolute Gasteiger partial charge is 0.0640 e. The fourth-order valence-corrected chi connectivity index (χ4v) is 2.62. The molecule has 0 aliphatic heterocycles. The van der Waals surface area contributed by atoms with Gasteiger partial charge in [-0.05, 0) is 53.5 Å². The van der Waals surface area contributed by atoms with Crippen molar-refractivity contribution >= 4 is 21.6 Å². The maximum Gasteiger partial charge on any atom is 0.0640 e.